The van der Waals surface area contributed by atoms with E-state index in [4.69, 9.17) is 9.47 Å². The Bertz CT molecular complexity index is 986. The van der Waals surface area contributed by atoms with E-state index >= 15 is 0 Å². The summed E-state index contributed by atoms with van der Waals surface area (Å²) < 4.78 is 34.9. The van der Waals surface area contributed by atoms with Gasteiger partial charge in [-0.25, -0.2) is 18.6 Å². The maximum absolute atomic E-state index is 12.7. The Morgan fingerprint density at radius 2 is 1.97 bits per heavy atom. The minimum atomic E-state index is -3.48. The molecule has 2 unspecified atom stereocenters. The molecule has 2 aliphatic rings. The average molecular weight is 497 g/mol. The highest BCUT2D eigenvalue weighted by molar-refractivity contribution is 7.90. The fraction of sp³-hybridized carbons (Fsp3) is 0.652. The molecule has 34 heavy (non-hydrogen) atoms. The number of hydrogen-bond donors (Lipinski definition) is 4. The number of sulfone groups is 1. The van der Waals surface area contributed by atoms with Gasteiger partial charge < -0.3 is 20.1 Å². The average Bonchev–Trinajstić information content (AvgIpc) is 3.42. The van der Waals surface area contributed by atoms with Crippen LogP contribution in [0.2, 0.25) is 0 Å². The largest absolute Gasteiger partial charge is 0.497 e. The molecule has 0 radical (unpaired) electrons. The monoisotopic (exact) mass is 496 g/mol. The van der Waals surface area contributed by atoms with Crippen LogP contribution in [0.15, 0.2) is 23.1 Å². The van der Waals surface area contributed by atoms with Gasteiger partial charge in [0.1, 0.15) is 11.9 Å². The van der Waals surface area contributed by atoms with Crippen molar-refractivity contribution < 1.29 is 27.5 Å². The van der Waals surface area contributed by atoms with E-state index in [1.165, 1.54) is 13.2 Å². The van der Waals surface area contributed by atoms with Crippen LogP contribution >= 0.6 is 0 Å². The van der Waals surface area contributed by atoms with Crippen LogP contribution in [0.25, 0.3) is 0 Å². The fourth-order valence-electron chi connectivity index (χ4n) is 4.52. The normalized spacial score (nSPS) is 25.5. The van der Waals surface area contributed by atoms with E-state index in [2.05, 4.69) is 21.5 Å². The zero-order valence-corrected chi connectivity index (χ0v) is 21.0. The number of ether oxygens (including phenoxy) is 2. The second-order valence-corrected chi connectivity index (χ2v) is 11.2. The lowest BCUT2D eigenvalue weighted by Gasteiger charge is -2.19. The topological polar surface area (TPSA) is 135 Å². The summed E-state index contributed by atoms with van der Waals surface area (Å²) in [6.45, 7) is 3.95. The van der Waals surface area contributed by atoms with Gasteiger partial charge in [-0.05, 0) is 68.7 Å². The molecule has 5 atom stereocenters. The second kappa shape index (κ2) is 11.4. The third-order valence-corrected chi connectivity index (χ3v) is 7.73. The molecule has 11 heteroatoms. The van der Waals surface area contributed by atoms with Crippen LogP contribution in [0.5, 0.6) is 5.75 Å². The molecule has 4 N–H and O–H groups in total. The predicted octanol–water partition coefficient (Wildman–Crippen LogP) is 1.64. The Labute approximate surface area is 201 Å². The fourth-order valence-corrected chi connectivity index (χ4v) is 5.44. The standard InChI is InChI=1S/C23H36N4O6S/c1-5-14(2)24-23(29)33-18-7-6-15(10-18)19-13-21(27-26-19)25-22(28)12-16-11-17(32-3)8-9-20(16)34(4,30)31/h8-9,11,14-15,18-19,21,26-27H,5-7,10,12-13H2,1-4H3,(H,24,29)(H,25,28)/t14-,15-,18+,19?,21?/m0/s1. The van der Waals surface area contributed by atoms with Crippen molar-refractivity contribution >= 4 is 21.8 Å². The Balaban J connectivity index is 1.50. The summed E-state index contributed by atoms with van der Waals surface area (Å²) in [5, 5.41) is 5.75. The Morgan fingerprint density at radius 3 is 2.65 bits per heavy atom. The van der Waals surface area contributed by atoms with Gasteiger partial charge in [-0.15, -0.1) is 0 Å². The van der Waals surface area contributed by atoms with Gasteiger partial charge in [0.15, 0.2) is 9.84 Å². The van der Waals surface area contributed by atoms with Gasteiger partial charge >= 0.3 is 6.09 Å². The molecule has 10 nitrogen and oxygen atoms in total. The summed E-state index contributed by atoms with van der Waals surface area (Å²) in [5.41, 5.74) is 6.76. The number of carbonyl (C=O) groups excluding carboxylic acids is 2. The third kappa shape index (κ3) is 7.07. The van der Waals surface area contributed by atoms with Crippen molar-refractivity contribution in [2.75, 3.05) is 13.4 Å². The number of carbonyl (C=O) groups is 2. The SMILES string of the molecule is CC[C@H](C)NC(=O)O[C@@H]1CC[C@H](C2CC(NC(=O)Cc3cc(OC)ccc3S(C)(=O)=O)NN2)C1. The highest BCUT2D eigenvalue weighted by Crippen LogP contribution is 2.33. The summed E-state index contributed by atoms with van der Waals surface area (Å²) in [6, 6.07) is 4.83. The molecule has 1 saturated carbocycles. The highest BCUT2D eigenvalue weighted by atomic mass is 32.2. The van der Waals surface area contributed by atoms with Gasteiger partial charge in [-0.3, -0.25) is 10.2 Å². The lowest BCUT2D eigenvalue weighted by molar-refractivity contribution is -0.121. The lowest BCUT2D eigenvalue weighted by Crippen LogP contribution is -2.45. The maximum atomic E-state index is 12.7. The first kappa shape index (κ1) is 26.2. The number of rotatable bonds is 9. The molecule has 1 aliphatic carbocycles. The van der Waals surface area contributed by atoms with E-state index < -0.39 is 9.84 Å². The van der Waals surface area contributed by atoms with Gasteiger partial charge in [-0.2, -0.15) is 0 Å². The molecule has 1 aliphatic heterocycles. The smallest absolute Gasteiger partial charge is 0.407 e. The van der Waals surface area contributed by atoms with E-state index in [1.54, 1.807) is 12.1 Å². The molecule has 0 bridgehead atoms. The Morgan fingerprint density at radius 1 is 1.21 bits per heavy atom. The lowest BCUT2D eigenvalue weighted by atomic mass is 9.96. The minimum absolute atomic E-state index is 0.0763. The van der Waals surface area contributed by atoms with Crippen LogP contribution in [0.3, 0.4) is 0 Å². The first-order valence-corrected chi connectivity index (χ1v) is 13.6. The van der Waals surface area contributed by atoms with Crippen LogP contribution in [-0.4, -0.2) is 58.1 Å². The number of benzene rings is 1. The van der Waals surface area contributed by atoms with E-state index in [1.807, 2.05) is 13.8 Å². The molecule has 190 valence electrons. The highest BCUT2D eigenvalue weighted by Gasteiger charge is 2.37. The van der Waals surface area contributed by atoms with Crippen LogP contribution in [0.1, 0.15) is 51.5 Å². The Kier molecular flexibility index (Phi) is 8.78. The zero-order valence-electron chi connectivity index (χ0n) is 20.2. The summed E-state index contributed by atoms with van der Waals surface area (Å²) in [4.78, 5) is 24.8. The van der Waals surface area contributed by atoms with Crippen molar-refractivity contribution in [1.29, 1.82) is 0 Å². The maximum Gasteiger partial charge on any atom is 0.407 e. The van der Waals surface area contributed by atoms with Gasteiger partial charge in [0.05, 0.1) is 24.6 Å². The molecule has 1 aromatic rings. The molecule has 0 spiro atoms. The van der Waals surface area contributed by atoms with Crippen molar-refractivity contribution in [2.24, 2.45) is 5.92 Å². The van der Waals surface area contributed by atoms with E-state index in [0.717, 1.165) is 31.9 Å². The molecule has 3 rings (SSSR count). The molecule has 2 fully saturated rings. The van der Waals surface area contributed by atoms with Crippen molar-refractivity contribution in [2.45, 2.75) is 81.6 Å². The second-order valence-electron chi connectivity index (χ2n) is 9.23. The van der Waals surface area contributed by atoms with E-state index in [-0.39, 0.29) is 47.7 Å². The first-order valence-electron chi connectivity index (χ1n) is 11.7. The zero-order chi connectivity index (χ0) is 24.9. The Hall–Kier alpha value is -2.37. The van der Waals surface area contributed by atoms with Crippen LogP contribution in [-0.2, 0) is 25.8 Å². The summed E-state index contributed by atoms with van der Waals surface area (Å²) in [6.07, 6.45) is 4.35. The number of nitrogens with one attached hydrogen (secondary N) is 4. The van der Waals surface area contributed by atoms with E-state index in [0.29, 0.717) is 23.7 Å². The van der Waals surface area contributed by atoms with Gasteiger partial charge in [0, 0.05) is 18.3 Å². The molecular weight excluding hydrogens is 460 g/mol. The summed E-state index contributed by atoms with van der Waals surface area (Å²) in [5.74, 6) is 0.533. The molecular formula is C23H36N4O6S. The quantitative estimate of drug-likeness (QED) is 0.405. The number of alkyl carbamates (subject to hydrolysis) is 1. The van der Waals surface area contributed by atoms with Crippen LogP contribution < -0.4 is 26.2 Å². The molecule has 1 saturated heterocycles. The molecule has 1 aromatic carbocycles. The number of hydrogen-bond acceptors (Lipinski definition) is 8. The van der Waals surface area contributed by atoms with Crippen molar-refractivity contribution in [3.8, 4) is 5.75 Å². The summed E-state index contributed by atoms with van der Waals surface area (Å²) >= 11 is 0. The summed E-state index contributed by atoms with van der Waals surface area (Å²) in [7, 11) is -1.99. The number of methoxy groups -OCH3 is 1. The van der Waals surface area contributed by atoms with Gasteiger partial charge in [0.25, 0.3) is 0 Å². The molecule has 0 aromatic heterocycles. The molecule has 2 amide bonds. The first-order chi connectivity index (χ1) is 16.1. The third-order valence-electron chi connectivity index (χ3n) is 6.53. The molecule has 1 heterocycles. The van der Waals surface area contributed by atoms with Crippen LogP contribution in [0.4, 0.5) is 4.79 Å². The minimum Gasteiger partial charge on any atom is -0.497 e. The van der Waals surface area contributed by atoms with Gasteiger partial charge in [-0.1, -0.05) is 6.92 Å². The predicted molar refractivity (Wildman–Crippen MR) is 127 cm³/mol. The van der Waals surface area contributed by atoms with Crippen molar-refractivity contribution in [3.63, 3.8) is 0 Å². The van der Waals surface area contributed by atoms with Crippen molar-refractivity contribution in [1.82, 2.24) is 21.5 Å². The van der Waals surface area contributed by atoms with Gasteiger partial charge in [0.2, 0.25) is 5.91 Å². The number of amides is 2. The van der Waals surface area contributed by atoms with E-state index in [9.17, 15) is 18.0 Å². The number of hydrazine groups is 1. The van der Waals surface area contributed by atoms with Crippen molar-refractivity contribution in [3.05, 3.63) is 23.8 Å². The van der Waals surface area contributed by atoms with Crippen LogP contribution in [0, 0.1) is 5.92 Å².